The first-order valence-electron chi connectivity index (χ1n) is 5.26. The molecule has 0 aliphatic rings. The molecule has 0 radical (unpaired) electrons. The SMILES string of the molecule is CCNc1nccn1-c1ccc(F)c(C)c1. The van der Waals surface area contributed by atoms with Crippen LogP contribution >= 0.6 is 0 Å². The van der Waals surface area contributed by atoms with Crippen molar-refractivity contribution in [2.45, 2.75) is 13.8 Å². The minimum absolute atomic E-state index is 0.186. The van der Waals surface area contributed by atoms with E-state index in [1.165, 1.54) is 6.07 Å². The van der Waals surface area contributed by atoms with Gasteiger partial charge in [-0.1, -0.05) is 0 Å². The third-order valence-corrected chi connectivity index (χ3v) is 2.40. The minimum atomic E-state index is -0.186. The zero-order valence-electron chi connectivity index (χ0n) is 9.37. The number of halogens is 1. The molecule has 84 valence electrons. The summed E-state index contributed by atoms with van der Waals surface area (Å²) < 4.78 is 15.0. The second kappa shape index (κ2) is 4.35. The van der Waals surface area contributed by atoms with Gasteiger partial charge in [0.2, 0.25) is 5.95 Å². The Balaban J connectivity index is 2.42. The van der Waals surface area contributed by atoms with Crippen LogP contribution in [-0.4, -0.2) is 16.1 Å². The number of aryl methyl sites for hydroxylation is 1. The molecule has 0 amide bonds. The van der Waals surface area contributed by atoms with Gasteiger partial charge in [0.1, 0.15) is 5.82 Å². The van der Waals surface area contributed by atoms with Crippen molar-refractivity contribution in [2.75, 3.05) is 11.9 Å². The molecule has 1 aromatic carbocycles. The number of nitrogens with zero attached hydrogens (tertiary/aromatic N) is 2. The average Bonchev–Trinajstić information content (AvgIpc) is 2.71. The van der Waals surface area contributed by atoms with Crippen molar-refractivity contribution < 1.29 is 4.39 Å². The molecule has 1 aromatic heterocycles. The van der Waals surface area contributed by atoms with E-state index in [1.54, 1.807) is 25.3 Å². The second-order valence-corrected chi connectivity index (χ2v) is 3.58. The van der Waals surface area contributed by atoms with Crippen LogP contribution in [0.3, 0.4) is 0 Å². The van der Waals surface area contributed by atoms with Crippen LogP contribution in [0.5, 0.6) is 0 Å². The van der Waals surface area contributed by atoms with Gasteiger partial charge < -0.3 is 5.32 Å². The van der Waals surface area contributed by atoms with Crippen LogP contribution in [-0.2, 0) is 0 Å². The zero-order valence-corrected chi connectivity index (χ0v) is 9.37. The lowest BCUT2D eigenvalue weighted by atomic mass is 10.2. The van der Waals surface area contributed by atoms with Crippen molar-refractivity contribution in [3.05, 3.63) is 42.0 Å². The molecule has 0 bridgehead atoms. The quantitative estimate of drug-likeness (QED) is 0.860. The van der Waals surface area contributed by atoms with E-state index in [9.17, 15) is 4.39 Å². The highest BCUT2D eigenvalue weighted by Crippen LogP contribution is 2.17. The number of rotatable bonds is 3. The van der Waals surface area contributed by atoms with E-state index in [0.717, 1.165) is 18.2 Å². The maximum atomic E-state index is 13.1. The van der Waals surface area contributed by atoms with Crippen molar-refractivity contribution in [2.24, 2.45) is 0 Å². The summed E-state index contributed by atoms with van der Waals surface area (Å²) in [5.74, 6) is 0.586. The van der Waals surface area contributed by atoms with Crippen LogP contribution in [0.2, 0.25) is 0 Å². The molecular formula is C12H14FN3. The Hall–Kier alpha value is -1.84. The molecule has 1 heterocycles. The van der Waals surface area contributed by atoms with E-state index >= 15 is 0 Å². The molecule has 0 aliphatic carbocycles. The van der Waals surface area contributed by atoms with Gasteiger partial charge in [0.05, 0.1) is 0 Å². The van der Waals surface area contributed by atoms with Gasteiger partial charge in [-0.15, -0.1) is 0 Å². The number of hydrogen-bond donors (Lipinski definition) is 1. The monoisotopic (exact) mass is 219 g/mol. The molecule has 16 heavy (non-hydrogen) atoms. The number of hydrogen-bond acceptors (Lipinski definition) is 2. The van der Waals surface area contributed by atoms with Crippen LogP contribution in [0.25, 0.3) is 5.69 Å². The molecular weight excluding hydrogens is 205 g/mol. The normalized spacial score (nSPS) is 10.4. The Morgan fingerprint density at radius 3 is 2.94 bits per heavy atom. The largest absolute Gasteiger partial charge is 0.356 e. The topological polar surface area (TPSA) is 29.9 Å². The second-order valence-electron chi connectivity index (χ2n) is 3.58. The van der Waals surface area contributed by atoms with Crippen molar-refractivity contribution in [3.8, 4) is 5.69 Å². The standard InChI is InChI=1S/C12H14FN3/c1-3-14-12-15-6-7-16(12)10-4-5-11(13)9(2)8-10/h4-8H,3H2,1-2H3,(H,14,15). The van der Waals surface area contributed by atoms with Crippen LogP contribution in [0.1, 0.15) is 12.5 Å². The van der Waals surface area contributed by atoms with Gasteiger partial charge in [0, 0.05) is 24.6 Å². The lowest BCUT2D eigenvalue weighted by Crippen LogP contribution is -2.05. The Labute approximate surface area is 93.9 Å². The van der Waals surface area contributed by atoms with E-state index in [0.29, 0.717) is 5.56 Å². The summed E-state index contributed by atoms with van der Waals surface area (Å²) in [5.41, 5.74) is 1.54. The van der Waals surface area contributed by atoms with E-state index in [1.807, 2.05) is 17.7 Å². The van der Waals surface area contributed by atoms with Crippen LogP contribution in [0.15, 0.2) is 30.6 Å². The van der Waals surface area contributed by atoms with Gasteiger partial charge in [-0.2, -0.15) is 0 Å². The predicted molar refractivity (Wildman–Crippen MR) is 62.4 cm³/mol. The number of aromatic nitrogens is 2. The maximum absolute atomic E-state index is 13.1. The molecule has 2 rings (SSSR count). The molecule has 4 heteroatoms. The Kier molecular flexibility index (Phi) is 2.90. The predicted octanol–water partition coefficient (Wildman–Crippen LogP) is 2.75. The third kappa shape index (κ3) is 1.91. The van der Waals surface area contributed by atoms with E-state index in [4.69, 9.17) is 0 Å². The van der Waals surface area contributed by atoms with Gasteiger partial charge in [0.15, 0.2) is 0 Å². The number of nitrogens with one attached hydrogen (secondary N) is 1. The molecule has 3 nitrogen and oxygen atoms in total. The molecule has 0 saturated heterocycles. The summed E-state index contributed by atoms with van der Waals surface area (Å²) in [7, 11) is 0. The first-order valence-corrected chi connectivity index (χ1v) is 5.26. The molecule has 0 saturated carbocycles. The van der Waals surface area contributed by atoms with Crippen molar-refractivity contribution >= 4 is 5.95 Å². The summed E-state index contributed by atoms with van der Waals surface area (Å²) in [6.45, 7) is 4.56. The van der Waals surface area contributed by atoms with Gasteiger partial charge >= 0.3 is 0 Å². The van der Waals surface area contributed by atoms with Gasteiger partial charge in [0.25, 0.3) is 0 Å². The molecule has 0 aliphatic heterocycles. The molecule has 0 unspecified atom stereocenters. The highest BCUT2D eigenvalue weighted by atomic mass is 19.1. The first kappa shape index (κ1) is 10.7. The Morgan fingerprint density at radius 1 is 1.44 bits per heavy atom. The van der Waals surface area contributed by atoms with E-state index in [-0.39, 0.29) is 5.82 Å². The average molecular weight is 219 g/mol. The molecule has 0 atom stereocenters. The van der Waals surface area contributed by atoms with Crippen LogP contribution < -0.4 is 5.32 Å². The van der Waals surface area contributed by atoms with Crippen molar-refractivity contribution in [1.82, 2.24) is 9.55 Å². The fourth-order valence-electron chi connectivity index (χ4n) is 1.58. The van der Waals surface area contributed by atoms with E-state index < -0.39 is 0 Å². The fourth-order valence-corrected chi connectivity index (χ4v) is 1.58. The van der Waals surface area contributed by atoms with Gasteiger partial charge in [-0.05, 0) is 37.6 Å². The number of imidazole rings is 1. The molecule has 0 spiro atoms. The number of benzene rings is 1. The first-order chi connectivity index (χ1) is 7.72. The third-order valence-electron chi connectivity index (χ3n) is 2.40. The summed E-state index contributed by atoms with van der Waals surface area (Å²) >= 11 is 0. The summed E-state index contributed by atoms with van der Waals surface area (Å²) in [4.78, 5) is 4.19. The van der Waals surface area contributed by atoms with Crippen LogP contribution in [0, 0.1) is 12.7 Å². The Bertz CT molecular complexity index is 491. The van der Waals surface area contributed by atoms with Gasteiger partial charge in [-0.25, -0.2) is 9.37 Å². The smallest absolute Gasteiger partial charge is 0.207 e. The lowest BCUT2D eigenvalue weighted by Gasteiger charge is -2.09. The molecule has 2 aromatic rings. The fraction of sp³-hybridized carbons (Fsp3) is 0.250. The summed E-state index contributed by atoms with van der Waals surface area (Å²) in [6, 6.07) is 5.02. The number of anilines is 1. The minimum Gasteiger partial charge on any atom is -0.356 e. The van der Waals surface area contributed by atoms with E-state index in [2.05, 4.69) is 10.3 Å². The van der Waals surface area contributed by atoms with Crippen molar-refractivity contribution in [3.63, 3.8) is 0 Å². The highest BCUT2D eigenvalue weighted by molar-refractivity contribution is 5.43. The van der Waals surface area contributed by atoms with Gasteiger partial charge in [-0.3, -0.25) is 4.57 Å². The summed E-state index contributed by atoms with van der Waals surface area (Å²) in [6.07, 6.45) is 3.57. The van der Waals surface area contributed by atoms with Crippen molar-refractivity contribution in [1.29, 1.82) is 0 Å². The zero-order chi connectivity index (χ0) is 11.5. The summed E-state index contributed by atoms with van der Waals surface area (Å²) in [5, 5.41) is 3.15. The maximum Gasteiger partial charge on any atom is 0.207 e. The lowest BCUT2D eigenvalue weighted by molar-refractivity contribution is 0.618. The Morgan fingerprint density at radius 2 is 2.25 bits per heavy atom. The van der Waals surface area contributed by atoms with Crippen LogP contribution in [0.4, 0.5) is 10.3 Å². The molecule has 1 N–H and O–H groups in total. The highest BCUT2D eigenvalue weighted by Gasteiger charge is 2.05. The molecule has 0 fully saturated rings.